The van der Waals surface area contributed by atoms with Gasteiger partial charge in [0.15, 0.2) is 0 Å². The van der Waals surface area contributed by atoms with Gasteiger partial charge >= 0.3 is 0 Å². The summed E-state index contributed by atoms with van der Waals surface area (Å²) in [5.41, 5.74) is -0.428. The van der Waals surface area contributed by atoms with Crippen LogP contribution in [0.25, 0.3) is 0 Å². The van der Waals surface area contributed by atoms with Crippen molar-refractivity contribution in [3.05, 3.63) is 0 Å². The minimum atomic E-state index is -0.428. The summed E-state index contributed by atoms with van der Waals surface area (Å²) >= 11 is 1.88. The van der Waals surface area contributed by atoms with E-state index in [-0.39, 0.29) is 0 Å². The molecule has 0 amide bonds. The molecule has 0 bridgehead atoms. The Bertz CT molecular complexity index is 179. The molecule has 0 aromatic heterocycles. The highest BCUT2D eigenvalue weighted by molar-refractivity contribution is 7.98. The predicted octanol–water partition coefficient (Wildman–Crippen LogP) is 2.80. The van der Waals surface area contributed by atoms with Gasteiger partial charge in [0, 0.05) is 18.3 Å². The number of hydrogen-bond donors (Lipinski definition) is 2. The van der Waals surface area contributed by atoms with Crippen LogP contribution in [0.4, 0.5) is 0 Å². The number of aliphatic hydroxyl groups is 1. The smallest absolute Gasteiger partial charge is 0.0771 e. The van der Waals surface area contributed by atoms with Crippen molar-refractivity contribution in [3.8, 4) is 0 Å². The predicted molar refractivity (Wildman–Crippen MR) is 73.1 cm³/mol. The molecule has 0 heterocycles. The zero-order valence-corrected chi connectivity index (χ0v) is 11.6. The van der Waals surface area contributed by atoms with E-state index in [0.29, 0.717) is 6.04 Å². The maximum absolute atomic E-state index is 10.5. The third kappa shape index (κ3) is 5.07. The molecule has 1 aliphatic carbocycles. The van der Waals surface area contributed by atoms with Crippen molar-refractivity contribution >= 4 is 11.8 Å². The van der Waals surface area contributed by atoms with Crippen molar-refractivity contribution in [2.75, 3.05) is 18.6 Å². The van der Waals surface area contributed by atoms with Gasteiger partial charge in [0.2, 0.25) is 0 Å². The molecule has 0 aromatic rings. The molecular weight excluding hydrogens is 218 g/mol. The molecule has 16 heavy (non-hydrogen) atoms. The van der Waals surface area contributed by atoms with Crippen LogP contribution in [-0.4, -0.2) is 35.3 Å². The molecule has 0 saturated heterocycles. The van der Waals surface area contributed by atoms with E-state index >= 15 is 0 Å². The van der Waals surface area contributed by atoms with Crippen molar-refractivity contribution in [2.45, 2.75) is 63.5 Å². The van der Waals surface area contributed by atoms with Gasteiger partial charge in [-0.2, -0.15) is 11.8 Å². The van der Waals surface area contributed by atoms with Crippen molar-refractivity contribution in [3.63, 3.8) is 0 Å². The van der Waals surface area contributed by atoms with Crippen LogP contribution in [0.15, 0.2) is 0 Å². The van der Waals surface area contributed by atoms with Gasteiger partial charge < -0.3 is 10.4 Å². The molecule has 0 radical (unpaired) electrons. The fourth-order valence-electron chi connectivity index (χ4n) is 2.42. The van der Waals surface area contributed by atoms with Gasteiger partial charge in [-0.05, 0) is 25.5 Å². The first-order valence-electron chi connectivity index (χ1n) is 6.65. The molecule has 1 aliphatic rings. The van der Waals surface area contributed by atoms with E-state index in [2.05, 4.69) is 18.5 Å². The Morgan fingerprint density at radius 1 is 1.25 bits per heavy atom. The van der Waals surface area contributed by atoms with Crippen LogP contribution >= 0.6 is 11.8 Å². The number of hydrogen-bond acceptors (Lipinski definition) is 3. The average Bonchev–Trinajstić information content (AvgIpc) is 2.50. The molecule has 0 aromatic carbocycles. The molecular formula is C13H27NOS. The molecule has 0 aliphatic heterocycles. The highest BCUT2D eigenvalue weighted by Gasteiger charge is 2.28. The van der Waals surface area contributed by atoms with E-state index in [1.165, 1.54) is 25.7 Å². The van der Waals surface area contributed by atoms with Crippen molar-refractivity contribution in [1.82, 2.24) is 5.32 Å². The largest absolute Gasteiger partial charge is 0.389 e. The molecule has 3 heteroatoms. The molecule has 1 saturated carbocycles. The first-order chi connectivity index (χ1) is 7.70. The number of rotatable bonds is 6. The topological polar surface area (TPSA) is 32.3 Å². The quantitative estimate of drug-likeness (QED) is 0.706. The highest BCUT2D eigenvalue weighted by Crippen LogP contribution is 2.26. The van der Waals surface area contributed by atoms with Gasteiger partial charge in [-0.1, -0.05) is 32.6 Å². The van der Waals surface area contributed by atoms with E-state index in [1.54, 1.807) is 0 Å². The summed E-state index contributed by atoms with van der Waals surface area (Å²) in [6.45, 7) is 3.00. The lowest BCUT2D eigenvalue weighted by molar-refractivity contribution is 0.0232. The number of thioether (sulfide) groups is 1. The molecule has 2 nitrogen and oxygen atoms in total. The zero-order chi connectivity index (χ0) is 11.9. The van der Waals surface area contributed by atoms with Gasteiger partial charge in [-0.25, -0.2) is 0 Å². The Hall–Kier alpha value is 0.270. The van der Waals surface area contributed by atoms with Crippen LogP contribution in [0.1, 0.15) is 51.9 Å². The van der Waals surface area contributed by atoms with E-state index in [9.17, 15) is 5.11 Å². The summed E-state index contributed by atoms with van der Waals surface area (Å²) in [4.78, 5) is 0. The molecule has 2 N–H and O–H groups in total. The van der Waals surface area contributed by atoms with Gasteiger partial charge in [-0.15, -0.1) is 0 Å². The summed E-state index contributed by atoms with van der Waals surface area (Å²) in [5, 5.41) is 14.0. The first-order valence-corrected chi connectivity index (χ1v) is 8.04. The second kappa shape index (κ2) is 7.57. The van der Waals surface area contributed by atoms with Crippen molar-refractivity contribution in [2.24, 2.45) is 0 Å². The van der Waals surface area contributed by atoms with Crippen LogP contribution in [-0.2, 0) is 0 Å². The fraction of sp³-hybridized carbons (Fsp3) is 1.00. The molecule has 1 unspecified atom stereocenters. The van der Waals surface area contributed by atoms with Crippen LogP contribution in [0.3, 0.4) is 0 Å². The Morgan fingerprint density at radius 3 is 2.38 bits per heavy atom. The number of nitrogens with one attached hydrogen (secondary N) is 1. The fourth-order valence-corrected chi connectivity index (χ4v) is 3.18. The highest BCUT2D eigenvalue weighted by atomic mass is 32.2. The molecule has 1 fully saturated rings. The van der Waals surface area contributed by atoms with Crippen LogP contribution in [0, 0.1) is 0 Å². The molecule has 0 spiro atoms. The van der Waals surface area contributed by atoms with E-state index in [0.717, 1.165) is 31.6 Å². The lowest BCUT2D eigenvalue weighted by atomic mass is 9.94. The Morgan fingerprint density at radius 2 is 1.88 bits per heavy atom. The lowest BCUT2D eigenvalue weighted by Gasteiger charge is -2.29. The Labute approximate surface area is 105 Å². The second-order valence-electron chi connectivity index (χ2n) is 5.08. The summed E-state index contributed by atoms with van der Waals surface area (Å²) in [6.07, 6.45) is 10.2. The van der Waals surface area contributed by atoms with Gasteiger partial charge in [0.25, 0.3) is 0 Å². The zero-order valence-electron chi connectivity index (χ0n) is 10.8. The minimum Gasteiger partial charge on any atom is -0.389 e. The van der Waals surface area contributed by atoms with Crippen LogP contribution in [0.5, 0.6) is 0 Å². The normalized spacial score (nSPS) is 22.7. The molecule has 96 valence electrons. The Balaban J connectivity index is 2.32. The maximum Gasteiger partial charge on any atom is 0.0771 e. The van der Waals surface area contributed by atoms with Crippen LogP contribution in [0.2, 0.25) is 0 Å². The van der Waals surface area contributed by atoms with Crippen LogP contribution < -0.4 is 5.32 Å². The maximum atomic E-state index is 10.5. The lowest BCUT2D eigenvalue weighted by Crippen LogP contribution is -2.44. The summed E-state index contributed by atoms with van der Waals surface area (Å²) in [5.74, 6) is 1.15. The Kier molecular flexibility index (Phi) is 6.78. The van der Waals surface area contributed by atoms with Crippen molar-refractivity contribution < 1.29 is 5.11 Å². The average molecular weight is 245 g/mol. The van der Waals surface area contributed by atoms with E-state index in [1.807, 2.05) is 11.8 Å². The minimum absolute atomic E-state index is 0.428. The second-order valence-corrected chi connectivity index (χ2v) is 5.99. The summed E-state index contributed by atoms with van der Waals surface area (Å²) in [6, 6.07) is 0.558. The van der Waals surface area contributed by atoms with E-state index < -0.39 is 5.60 Å². The van der Waals surface area contributed by atoms with Crippen molar-refractivity contribution in [1.29, 1.82) is 0 Å². The third-order valence-corrected chi connectivity index (χ3v) is 4.35. The van der Waals surface area contributed by atoms with Gasteiger partial charge in [0.05, 0.1) is 5.60 Å². The SMILES string of the molecule is CCC(CSC)NCC1(O)CCCCCC1. The summed E-state index contributed by atoms with van der Waals surface area (Å²) < 4.78 is 0. The van der Waals surface area contributed by atoms with Gasteiger partial charge in [0.1, 0.15) is 0 Å². The van der Waals surface area contributed by atoms with E-state index in [4.69, 9.17) is 0 Å². The third-order valence-electron chi connectivity index (χ3n) is 3.61. The van der Waals surface area contributed by atoms with Gasteiger partial charge in [-0.3, -0.25) is 0 Å². The summed E-state index contributed by atoms with van der Waals surface area (Å²) in [7, 11) is 0. The monoisotopic (exact) mass is 245 g/mol. The first kappa shape index (κ1) is 14.3. The molecule has 1 atom stereocenters. The molecule has 1 rings (SSSR count). The standard InChI is InChI=1S/C13H27NOS/c1-3-12(10-16-2)14-11-13(15)8-6-4-5-7-9-13/h12,14-15H,3-11H2,1-2H3.